The standard InChI is InChI=1S/C16H24N2O2/c1-12-8-9-13(2)15(11-12)18-16(20)7-5-4-6-10-17-14(3)19/h8-9,11H,4-7,10H2,1-3H3,(H,17,19)(H,18,20). The summed E-state index contributed by atoms with van der Waals surface area (Å²) in [6, 6.07) is 6.04. The minimum Gasteiger partial charge on any atom is -0.356 e. The van der Waals surface area contributed by atoms with Crippen LogP contribution in [0.2, 0.25) is 0 Å². The van der Waals surface area contributed by atoms with Crippen LogP contribution >= 0.6 is 0 Å². The van der Waals surface area contributed by atoms with Gasteiger partial charge in [0, 0.05) is 25.6 Å². The topological polar surface area (TPSA) is 58.2 Å². The molecule has 0 aliphatic carbocycles. The van der Waals surface area contributed by atoms with Crippen molar-refractivity contribution >= 4 is 17.5 Å². The first kappa shape index (κ1) is 16.2. The van der Waals surface area contributed by atoms with Crippen molar-refractivity contribution in [1.82, 2.24) is 5.32 Å². The van der Waals surface area contributed by atoms with Gasteiger partial charge < -0.3 is 10.6 Å². The molecular weight excluding hydrogens is 252 g/mol. The maximum absolute atomic E-state index is 11.8. The maximum Gasteiger partial charge on any atom is 0.224 e. The molecule has 0 unspecified atom stereocenters. The molecule has 0 saturated carbocycles. The molecule has 1 rings (SSSR count). The Labute approximate surface area is 121 Å². The van der Waals surface area contributed by atoms with Crippen LogP contribution in [0.5, 0.6) is 0 Å². The zero-order valence-corrected chi connectivity index (χ0v) is 12.6. The number of anilines is 1. The molecule has 0 fully saturated rings. The van der Waals surface area contributed by atoms with E-state index < -0.39 is 0 Å². The summed E-state index contributed by atoms with van der Waals surface area (Å²) in [5.41, 5.74) is 3.11. The second-order valence-corrected chi connectivity index (χ2v) is 5.16. The number of amides is 2. The molecule has 1 aromatic rings. The molecule has 20 heavy (non-hydrogen) atoms. The molecule has 0 saturated heterocycles. The van der Waals surface area contributed by atoms with Crippen LogP contribution in [0.25, 0.3) is 0 Å². The van der Waals surface area contributed by atoms with Crippen molar-refractivity contribution < 1.29 is 9.59 Å². The molecule has 0 aliphatic rings. The van der Waals surface area contributed by atoms with E-state index in [1.54, 1.807) is 0 Å². The fraction of sp³-hybridized carbons (Fsp3) is 0.500. The fourth-order valence-corrected chi connectivity index (χ4v) is 1.93. The second-order valence-electron chi connectivity index (χ2n) is 5.16. The van der Waals surface area contributed by atoms with E-state index in [2.05, 4.69) is 10.6 Å². The number of nitrogens with one attached hydrogen (secondary N) is 2. The summed E-state index contributed by atoms with van der Waals surface area (Å²) in [6.07, 6.45) is 3.22. The van der Waals surface area contributed by atoms with E-state index in [0.717, 1.165) is 36.1 Å². The monoisotopic (exact) mass is 276 g/mol. The Balaban J connectivity index is 2.23. The zero-order chi connectivity index (χ0) is 15.0. The normalized spacial score (nSPS) is 10.2. The van der Waals surface area contributed by atoms with Gasteiger partial charge in [-0.1, -0.05) is 18.6 Å². The summed E-state index contributed by atoms with van der Waals surface area (Å²) in [5.74, 6) is 0.0518. The van der Waals surface area contributed by atoms with Crippen LogP contribution in [-0.2, 0) is 9.59 Å². The van der Waals surface area contributed by atoms with Gasteiger partial charge in [-0.05, 0) is 43.9 Å². The van der Waals surface area contributed by atoms with Gasteiger partial charge >= 0.3 is 0 Å². The van der Waals surface area contributed by atoms with E-state index in [1.165, 1.54) is 6.92 Å². The number of benzene rings is 1. The van der Waals surface area contributed by atoms with Gasteiger partial charge in [0.25, 0.3) is 0 Å². The van der Waals surface area contributed by atoms with Gasteiger partial charge in [-0.15, -0.1) is 0 Å². The van der Waals surface area contributed by atoms with Gasteiger partial charge in [0.15, 0.2) is 0 Å². The van der Waals surface area contributed by atoms with Crippen molar-refractivity contribution in [3.63, 3.8) is 0 Å². The molecule has 4 heteroatoms. The number of carbonyl (C=O) groups excluding carboxylic acids is 2. The maximum atomic E-state index is 11.8. The number of hydrogen-bond donors (Lipinski definition) is 2. The third-order valence-electron chi connectivity index (χ3n) is 3.12. The number of hydrogen-bond acceptors (Lipinski definition) is 2. The Kier molecular flexibility index (Phi) is 6.77. The van der Waals surface area contributed by atoms with Crippen molar-refractivity contribution in [1.29, 1.82) is 0 Å². The smallest absolute Gasteiger partial charge is 0.224 e. The molecule has 110 valence electrons. The summed E-state index contributed by atoms with van der Waals surface area (Å²) >= 11 is 0. The highest BCUT2D eigenvalue weighted by Gasteiger charge is 2.04. The average molecular weight is 276 g/mol. The number of unbranched alkanes of at least 4 members (excludes halogenated alkanes) is 2. The van der Waals surface area contributed by atoms with Crippen LogP contribution in [0.1, 0.15) is 43.7 Å². The average Bonchev–Trinajstić information content (AvgIpc) is 2.37. The Morgan fingerprint density at radius 2 is 1.85 bits per heavy atom. The first-order valence-corrected chi connectivity index (χ1v) is 7.10. The zero-order valence-electron chi connectivity index (χ0n) is 12.6. The van der Waals surface area contributed by atoms with Crippen molar-refractivity contribution in [3.8, 4) is 0 Å². The SMILES string of the molecule is CC(=O)NCCCCCC(=O)Nc1cc(C)ccc1C. The van der Waals surface area contributed by atoms with Crippen molar-refractivity contribution in [2.45, 2.75) is 46.5 Å². The van der Waals surface area contributed by atoms with E-state index in [1.807, 2.05) is 32.0 Å². The second kappa shape index (κ2) is 8.35. The van der Waals surface area contributed by atoms with Crippen LogP contribution in [-0.4, -0.2) is 18.4 Å². The number of aryl methyl sites for hydroxylation is 2. The van der Waals surface area contributed by atoms with Gasteiger partial charge in [0.2, 0.25) is 11.8 Å². The fourth-order valence-electron chi connectivity index (χ4n) is 1.93. The molecule has 0 aliphatic heterocycles. The quantitative estimate of drug-likeness (QED) is 0.752. The molecule has 0 heterocycles. The van der Waals surface area contributed by atoms with E-state index in [4.69, 9.17) is 0 Å². The van der Waals surface area contributed by atoms with Gasteiger partial charge in [0.1, 0.15) is 0 Å². The first-order chi connectivity index (χ1) is 9.49. The minimum atomic E-state index is -0.00216. The van der Waals surface area contributed by atoms with E-state index in [-0.39, 0.29) is 11.8 Å². The van der Waals surface area contributed by atoms with Crippen molar-refractivity contribution in [2.75, 3.05) is 11.9 Å². The van der Waals surface area contributed by atoms with Crippen LogP contribution < -0.4 is 10.6 Å². The molecule has 0 spiro atoms. The lowest BCUT2D eigenvalue weighted by atomic mass is 10.1. The van der Waals surface area contributed by atoms with E-state index in [0.29, 0.717) is 13.0 Å². The summed E-state index contributed by atoms with van der Waals surface area (Å²) in [4.78, 5) is 22.5. The lowest BCUT2D eigenvalue weighted by molar-refractivity contribution is -0.119. The summed E-state index contributed by atoms with van der Waals surface area (Å²) in [7, 11) is 0. The molecule has 0 atom stereocenters. The highest BCUT2D eigenvalue weighted by molar-refractivity contribution is 5.91. The number of carbonyl (C=O) groups is 2. The van der Waals surface area contributed by atoms with E-state index >= 15 is 0 Å². The summed E-state index contributed by atoms with van der Waals surface area (Å²) in [5, 5.41) is 5.70. The van der Waals surface area contributed by atoms with Crippen LogP contribution in [0.4, 0.5) is 5.69 Å². The van der Waals surface area contributed by atoms with E-state index in [9.17, 15) is 9.59 Å². The molecular formula is C16H24N2O2. The molecule has 1 aromatic carbocycles. The van der Waals surface area contributed by atoms with Crippen LogP contribution in [0, 0.1) is 13.8 Å². The Morgan fingerprint density at radius 1 is 1.10 bits per heavy atom. The van der Waals surface area contributed by atoms with Gasteiger partial charge in [-0.3, -0.25) is 9.59 Å². The van der Waals surface area contributed by atoms with Crippen LogP contribution in [0.3, 0.4) is 0 Å². The summed E-state index contributed by atoms with van der Waals surface area (Å²) in [6.45, 7) is 6.20. The van der Waals surface area contributed by atoms with Gasteiger partial charge in [-0.25, -0.2) is 0 Å². The van der Waals surface area contributed by atoms with Crippen molar-refractivity contribution in [3.05, 3.63) is 29.3 Å². The molecule has 4 nitrogen and oxygen atoms in total. The third kappa shape index (κ3) is 6.36. The Hall–Kier alpha value is -1.84. The highest BCUT2D eigenvalue weighted by atomic mass is 16.2. The third-order valence-corrected chi connectivity index (χ3v) is 3.12. The predicted octanol–water partition coefficient (Wildman–Crippen LogP) is 2.94. The first-order valence-electron chi connectivity index (χ1n) is 7.10. The number of rotatable bonds is 7. The predicted molar refractivity (Wildman–Crippen MR) is 81.7 cm³/mol. The molecule has 0 aromatic heterocycles. The lowest BCUT2D eigenvalue weighted by Gasteiger charge is -2.09. The Bertz CT molecular complexity index is 470. The highest BCUT2D eigenvalue weighted by Crippen LogP contribution is 2.16. The largest absolute Gasteiger partial charge is 0.356 e. The minimum absolute atomic E-state index is 0.00216. The van der Waals surface area contributed by atoms with Crippen molar-refractivity contribution in [2.24, 2.45) is 0 Å². The molecule has 2 N–H and O–H groups in total. The molecule has 0 radical (unpaired) electrons. The molecule has 2 amide bonds. The molecule has 0 bridgehead atoms. The van der Waals surface area contributed by atoms with Gasteiger partial charge in [-0.2, -0.15) is 0 Å². The van der Waals surface area contributed by atoms with Gasteiger partial charge in [0.05, 0.1) is 0 Å². The Morgan fingerprint density at radius 3 is 2.55 bits per heavy atom. The summed E-state index contributed by atoms with van der Waals surface area (Å²) < 4.78 is 0. The van der Waals surface area contributed by atoms with Crippen LogP contribution in [0.15, 0.2) is 18.2 Å². The lowest BCUT2D eigenvalue weighted by Crippen LogP contribution is -2.20.